The molecule has 0 fully saturated rings. The molecule has 3 rings (SSSR count). The quantitative estimate of drug-likeness (QED) is 0.611. The maximum absolute atomic E-state index is 12.1. The van der Waals surface area contributed by atoms with E-state index in [0.717, 1.165) is 17.1 Å². The average Bonchev–Trinajstić information content (AvgIpc) is 2.99. The minimum atomic E-state index is -0.289. The molecule has 0 saturated heterocycles. The Hall–Kier alpha value is -2.81. The van der Waals surface area contributed by atoms with Crippen LogP contribution in [0.5, 0.6) is 0 Å². The molecule has 0 aliphatic carbocycles. The van der Waals surface area contributed by atoms with Crippen molar-refractivity contribution < 1.29 is 9.53 Å². The van der Waals surface area contributed by atoms with Crippen LogP contribution in [0.1, 0.15) is 34.1 Å². The molecule has 0 amide bonds. The van der Waals surface area contributed by atoms with Gasteiger partial charge in [0.2, 0.25) is 0 Å². The monoisotopic (exact) mass is 333 g/mol. The molecule has 0 aliphatic rings. The highest BCUT2D eigenvalue weighted by molar-refractivity contribution is 5.90. The second-order valence-corrected chi connectivity index (χ2v) is 6.28. The third-order valence-electron chi connectivity index (χ3n) is 4.36. The predicted octanol–water partition coefficient (Wildman–Crippen LogP) is 5.25. The summed E-state index contributed by atoms with van der Waals surface area (Å²) in [5.74, 6) is -0.289. The van der Waals surface area contributed by atoms with E-state index in [9.17, 15) is 4.79 Å². The maximum atomic E-state index is 12.1. The molecular formula is C22H23NO2. The van der Waals surface area contributed by atoms with Crippen molar-refractivity contribution in [3.05, 3.63) is 77.0 Å². The lowest BCUT2D eigenvalue weighted by molar-refractivity contribution is 0.0526. The fraction of sp³-hybridized carbons (Fsp3) is 0.227. The van der Waals surface area contributed by atoms with Crippen LogP contribution in [0.15, 0.2) is 54.6 Å². The number of nitrogens with zero attached hydrogens (tertiary/aromatic N) is 1. The lowest BCUT2D eigenvalue weighted by Crippen LogP contribution is -2.06. The molecular weight excluding hydrogens is 310 g/mol. The minimum Gasteiger partial charge on any atom is -0.462 e. The van der Waals surface area contributed by atoms with Crippen LogP contribution in [0.4, 0.5) is 0 Å². The van der Waals surface area contributed by atoms with Crippen molar-refractivity contribution in [1.29, 1.82) is 0 Å². The van der Waals surface area contributed by atoms with E-state index in [1.807, 2.05) is 25.1 Å². The molecule has 3 heteroatoms. The van der Waals surface area contributed by atoms with Crippen molar-refractivity contribution in [1.82, 2.24) is 4.57 Å². The summed E-state index contributed by atoms with van der Waals surface area (Å²) in [6.07, 6.45) is 0. The molecule has 0 radical (unpaired) electrons. The van der Waals surface area contributed by atoms with Gasteiger partial charge in [-0.2, -0.15) is 0 Å². The predicted molar refractivity (Wildman–Crippen MR) is 101 cm³/mol. The molecule has 1 heterocycles. The van der Waals surface area contributed by atoms with Gasteiger partial charge < -0.3 is 9.30 Å². The topological polar surface area (TPSA) is 31.2 Å². The Bertz CT molecular complexity index is 922. The summed E-state index contributed by atoms with van der Waals surface area (Å²) in [7, 11) is 0. The van der Waals surface area contributed by atoms with Crippen molar-refractivity contribution in [2.45, 2.75) is 27.7 Å². The van der Waals surface area contributed by atoms with Crippen molar-refractivity contribution in [2.75, 3.05) is 6.61 Å². The largest absolute Gasteiger partial charge is 0.462 e. The third-order valence-corrected chi connectivity index (χ3v) is 4.36. The number of aromatic nitrogens is 1. The number of benzene rings is 2. The number of esters is 1. The lowest BCUT2D eigenvalue weighted by Gasteiger charge is -2.15. The Morgan fingerprint density at radius 2 is 1.80 bits per heavy atom. The zero-order valence-electron chi connectivity index (χ0n) is 15.2. The van der Waals surface area contributed by atoms with Gasteiger partial charge in [0.1, 0.15) is 0 Å². The molecule has 0 atom stereocenters. The van der Waals surface area contributed by atoms with Crippen LogP contribution in [0, 0.1) is 20.8 Å². The summed E-state index contributed by atoms with van der Waals surface area (Å²) in [5.41, 5.74) is 7.44. The summed E-state index contributed by atoms with van der Waals surface area (Å²) in [6.45, 7) is 8.49. The summed E-state index contributed by atoms with van der Waals surface area (Å²) in [5, 5.41) is 0. The van der Waals surface area contributed by atoms with E-state index in [2.05, 4.69) is 55.7 Å². The van der Waals surface area contributed by atoms with Gasteiger partial charge in [-0.05, 0) is 69.7 Å². The smallest absolute Gasteiger partial charge is 0.338 e. The zero-order valence-corrected chi connectivity index (χ0v) is 15.2. The van der Waals surface area contributed by atoms with E-state index in [-0.39, 0.29) is 5.97 Å². The first kappa shape index (κ1) is 17.0. The van der Waals surface area contributed by atoms with Gasteiger partial charge in [0.15, 0.2) is 0 Å². The van der Waals surface area contributed by atoms with E-state index < -0.39 is 0 Å². The van der Waals surface area contributed by atoms with E-state index >= 15 is 0 Å². The molecule has 3 nitrogen and oxygen atoms in total. The first-order valence-corrected chi connectivity index (χ1v) is 8.54. The Labute approximate surface area is 148 Å². The lowest BCUT2D eigenvalue weighted by atomic mass is 10.0. The first-order valence-electron chi connectivity index (χ1n) is 8.54. The number of carbonyl (C=O) groups is 1. The standard InChI is InChI=1S/C22H23NO2/c1-5-25-22(24)18-7-6-8-19(14-18)23-17(4)11-12-21(23)20-13-15(2)9-10-16(20)3/h6-14H,5H2,1-4H3. The van der Waals surface area contributed by atoms with Crippen molar-refractivity contribution in [2.24, 2.45) is 0 Å². The molecule has 128 valence electrons. The van der Waals surface area contributed by atoms with Gasteiger partial charge in [-0.1, -0.05) is 23.8 Å². The summed E-state index contributed by atoms with van der Waals surface area (Å²) < 4.78 is 7.32. The van der Waals surface area contributed by atoms with Gasteiger partial charge in [-0.25, -0.2) is 4.79 Å². The molecule has 0 N–H and O–H groups in total. The third kappa shape index (κ3) is 3.36. The number of aryl methyl sites for hydroxylation is 3. The van der Waals surface area contributed by atoms with Gasteiger partial charge in [0.25, 0.3) is 0 Å². The fourth-order valence-electron chi connectivity index (χ4n) is 3.09. The average molecular weight is 333 g/mol. The first-order chi connectivity index (χ1) is 12.0. The molecule has 0 bridgehead atoms. The normalized spacial score (nSPS) is 10.7. The SMILES string of the molecule is CCOC(=O)c1cccc(-n2c(C)ccc2-c2cc(C)ccc2C)c1. The molecule has 25 heavy (non-hydrogen) atoms. The number of hydrogen-bond acceptors (Lipinski definition) is 2. The number of rotatable bonds is 4. The van der Waals surface area contributed by atoms with Crippen LogP contribution < -0.4 is 0 Å². The number of hydrogen-bond donors (Lipinski definition) is 0. The highest BCUT2D eigenvalue weighted by Crippen LogP contribution is 2.30. The van der Waals surface area contributed by atoms with Crippen LogP contribution in [-0.4, -0.2) is 17.1 Å². The Morgan fingerprint density at radius 1 is 1.00 bits per heavy atom. The molecule has 0 aliphatic heterocycles. The second kappa shape index (κ2) is 6.98. The highest BCUT2D eigenvalue weighted by Gasteiger charge is 2.14. The zero-order chi connectivity index (χ0) is 18.0. The van der Waals surface area contributed by atoms with E-state index in [4.69, 9.17) is 4.74 Å². The van der Waals surface area contributed by atoms with Crippen LogP contribution >= 0.6 is 0 Å². The Kier molecular flexibility index (Phi) is 4.75. The molecule has 0 saturated carbocycles. The highest BCUT2D eigenvalue weighted by atomic mass is 16.5. The van der Waals surface area contributed by atoms with E-state index in [1.54, 1.807) is 6.07 Å². The van der Waals surface area contributed by atoms with Crippen LogP contribution in [0.3, 0.4) is 0 Å². The van der Waals surface area contributed by atoms with Crippen molar-refractivity contribution >= 4 is 5.97 Å². The van der Waals surface area contributed by atoms with Crippen LogP contribution in [0.2, 0.25) is 0 Å². The van der Waals surface area contributed by atoms with Crippen LogP contribution in [0.25, 0.3) is 16.9 Å². The Balaban J connectivity index is 2.13. The van der Waals surface area contributed by atoms with E-state index in [0.29, 0.717) is 12.2 Å². The van der Waals surface area contributed by atoms with Gasteiger partial charge in [0.05, 0.1) is 17.9 Å². The van der Waals surface area contributed by atoms with Crippen LogP contribution in [-0.2, 0) is 4.74 Å². The Morgan fingerprint density at radius 3 is 2.56 bits per heavy atom. The van der Waals surface area contributed by atoms with Gasteiger partial charge in [0, 0.05) is 16.9 Å². The molecule has 2 aromatic carbocycles. The fourth-order valence-corrected chi connectivity index (χ4v) is 3.09. The van der Waals surface area contributed by atoms with Crippen molar-refractivity contribution in [3.63, 3.8) is 0 Å². The summed E-state index contributed by atoms with van der Waals surface area (Å²) in [4.78, 5) is 12.1. The van der Waals surface area contributed by atoms with Gasteiger partial charge in [-0.3, -0.25) is 0 Å². The summed E-state index contributed by atoms with van der Waals surface area (Å²) in [6, 6.07) is 18.3. The number of carbonyl (C=O) groups excluding carboxylic acids is 1. The maximum Gasteiger partial charge on any atom is 0.338 e. The molecule has 0 spiro atoms. The van der Waals surface area contributed by atoms with Crippen molar-refractivity contribution in [3.8, 4) is 16.9 Å². The molecule has 1 aromatic heterocycles. The van der Waals surface area contributed by atoms with Gasteiger partial charge >= 0.3 is 5.97 Å². The molecule has 0 unspecified atom stereocenters. The second-order valence-electron chi connectivity index (χ2n) is 6.28. The van der Waals surface area contributed by atoms with E-state index in [1.165, 1.54) is 16.7 Å². The molecule has 3 aromatic rings. The summed E-state index contributed by atoms with van der Waals surface area (Å²) >= 11 is 0. The minimum absolute atomic E-state index is 0.289. The number of ether oxygens (including phenoxy) is 1. The van der Waals surface area contributed by atoms with Gasteiger partial charge in [-0.15, -0.1) is 0 Å².